The molecule has 0 aliphatic heterocycles. The SMILES string of the molecule is C=CCN(Cc1cccc(C#N)c1)C(=O)NC(C)c1ccc(Cl)s1. The highest BCUT2D eigenvalue weighted by atomic mass is 35.5. The van der Waals surface area contributed by atoms with Crippen LogP contribution in [0.25, 0.3) is 0 Å². The number of hydrogen-bond acceptors (Lipinski definition) is 3. The van der Waals surface area contributed by atoms with Crippen LogP contribution in [0.5, 0.6) is 0 Å². The summed E-state index contributed by atoms with van der Waals surface area (Å²) in [6.45, 7) is 6.45. The number of halogens is 1. The molecule has 0 saturated carbocycles. The number of thiophene rings is 1. The van der Waals surface area contributed by atoms with Crippen LogP contribution in [0.15, 0.2) is 49.1 Å². The second kappa shape index (κ2) is 8.53. The highest BCUT2D eigenvalue weighted by molar-refractivity contribution is 7.16. The number of rotatable bonds is 6. The summed E-state index contributed by atoms with van der Waals surface area (Å²) in [6.07, 6.45) is 1.68. The number of carbonyl (C=O) groups is 1. The quantitative estimate of drug-likeness (QED) is 0.758. The molecule has 0 aliphatic rings. The van der Waals surface area contributed by atoms with Gasteiger partial charge in [-0.3, -0.25) is 0 Å². The Morgan fingerprint density at radius 1 is 1.50 bits per heavy atom. The molecule has 0 fully saturated rings. The van der Waals surface area contributed by atoms with Crippen LogP contribution >= 0.6 is 22.9 Å². The van der Waals surface area contributed by atoms with E-state index in [1.165, 1.54) is 11.3 Å². The van der Waals surface area contributed by atoms with Crippen molar-refractivity contribution in [2.24, 2.45) is 0 Å². The Morgan fingerprint density at radius 3 is 2.92 bits per heavy atom. The van der Waals surface area contributed by atoms with Gasteiger partial charge in [0.1, 0.15) is 0 Å². The van der Waals surface area contributed by atoms with Crippen molar-refractivity contribution in [3.05, 3.63) is 69.4 Å². The maximum Gasteiger partial charge on any atom is 0.318 e. The molecule has 2 aromatic rings. The van der Waals surface area contributed by atoms with Gasteiger partial charge >= 0.3 is 6.03 Å². The lowest BCUT2D eigenvalue weighted by Crippen LogP contribution is -2.40. The molecule has 0 radical (unpaired) electrons. The van der Waals surface area contributed by atoms with Gasteiger partial charge in [-0.15, -0.1) is 17.9 Å². The van der Waals surface area contributed by atoms with Crippen molar-refractivity contribution in [3.63, 3.8) is 0 Å². The van der Waals surface area contributed by atoms with E-state index in [1.54, 1.807) is 23.1 Å². The van der Waals surface area contributed by atoms with Crippen molar-refractivity contribution in [2.45, 2.75) is 19.5 Å². The topological polar surface area (TPSA) is 56.1 Å². The average molecular weight is 360 g/mol. The molecule has 0 bridgehead atoms. The van der Waals surface area contributed by atoms with Gasteiger partial charge in [0.2, 0.25) is 0 Å². The monoisotopic (exact) mass is 359 g/mol. The molecule has 1 N–H and O–H groups in total. The van der Waals surface area contributed by atoms with Gasteiger partial charge in [-0.1, -0.05) is 29.8 Å². The number of nitrogens with one attached hydrogen (secondary N) is 1. The molecule has 1 aromatic carbocycles. The third-order valence-corrected chi connectivity index (χ3v) is 4.84. The van der Waals surface area contributed by atoms with E-state index in [-0.39, 0.29) is 12.1 Å². The number of amides is 2. The Balaban J connectivity index is 2.07. The first-order chi connectivity index (χ1) is 11.5. The van der Waals surface area contributed by atoms with Gasteiger partial charge in [-0.2, -0.15) is 5.26 Å². The summed E-state index contributed by atoms with van der Waals surface area (Å²) < 4.78 is 0.697. The van der Waals surface area contributed by atoms with Gasteiger partial charge in [0.15, 0.2) is 0 Å². The Morgan fingerprint density at radius 2 is 2.29 bits per heavy atom. The summed E-state index contributed by atoms with van der Waals surface area (Å²) in [4.78, 5) is 15.2. The number of urea groups is 1. The van der Waals surface area contributed by atoms with Gasteiger partial charge in [-0.25, -0.2) is 4.79 Å². The molecule has 6 heteroatoms. The molecular weight excluding hydrogens is 342 g/mol. The summed E-state index contributed by atoms with van der Waals surface area (Å²) >= 11 is 7.39. The zero-order valence-electron chi connectivity index (χ0n) is 13.3. The fourth-order valence-electron chi connectivity index (χ4n) is 2.24. The van der Waals surface area contributed by atoms with Crippen LogP contribution in [-0.2, 0) is 6.54 Å². The molecule has 2 rings (SSSR count). The molecule has 4 nitrogen and oxygen atoms in total. The molecule has 0 spiro atoms. The summed E-state index contributed by atoms with van der Waals surface area (Å²) in [5.74, 6) is 0. The van der Waals surface area contributed by atoms with Gasteiger partial charge in [0.25, 0.3) is 0 Å². The summed E-state index contributed by atoms with van der Waals surface area (Å²) in [7, 11) is 0. The van der Waals surface area contributed by atoms with E-state index in [4.69, 9.17) is 16.9 Å². The molecule has 0 saturated heterocycles. The van der Waals surface area contributed by atoms with Crippen molar-refractivity contribution in [1.29, 1.82) is 5.26 Å². The van der Waals surface area contributed by atoms with E-state index >= 15 is 0 Å². The molecule has 0 aliphatic carbocycles. The number of benzene rings is 1. The molecular formula is C18H18ClN3OS. The third-order valence-electron chi connectivity index (χ3n) is 3.43. The highest BCUT2D eigenvalue weighted by Gasteiger charge is 2.17. The largest absolute Gasteiger partial charge is 0.331 e. The Hall–Kier alpha value is -2.29. The van der Waals surface area contributed by atoms with E-state index in [1.807, 2.05) is 31.2 Å². The normalized spacial score (nSPS) is 11.4. The van der Waals surface area contributed by atoms with E-state index in [0.29, 0.717) is 23.0 Å². The van der Waals surface area contributed by atoms with Crippen LogP contribution in [0.1, 0.15) is 29.0 Å². The first kappa shape index (κ1) is 18.1. The number of nitriles is 1. The number of carbonyl (C=O) groups excluding carboxylic acids is 1. The van der Waals surface area contributed by atoms with Crippen molar-refractivity contribution in [2.75, 3.05) is 6.54 Å². The summed E-state index contributed by atoms with van der Waals surface area (Å²) in [5.41, 5.74) is 1.48. The first-order valence-corrected chi connectivity index (χ1v) is 8.63. The van der Waals surface area contributed by atoms with Crippen LogP contribution in [0.3, 0.4) is 0 Å². The van der Waals surface area contributed by atoms with E-state index in [2.05, 4.69) is 18.0 Å². The fraction of sp³-hybridized carbons (Fsp3) is 0.222. The maximum absolute atomic E-state index is 12.6. The van der Waals surface area contributed by atoms with E-state index in [0.717, 1.165) is 10.4 Å². The predicted octanol–water partition coefficient (Wildman–Crippen LogP) is 4.73. The lowest BCUT2D eigenvalue weighted by molar-refractivity contribution is 0.198. The van der Waals surface area contributed by atoms with Gasteiger partial charge in [0, 0.05) is 18.0 Å². The molecule has 1 heterocycles. The Labute approximate surface area is 151 Å². The molecule has 1 aromatic heterocycles. The van der Waals surface area contributed by atoms with Crippen molar-refractivity contribution in [1.82, 2.24) is 10.2 Å². The summed E-state index contributed by atoms with van der Waals surface area (Å²) in [5, 5.41) is 12.0. The zero-order valence-corrected chi connectivity index (χ0v) is 14.9. The molecule has 1 atom stereocenters. The van der Waals surface area contributed by atoms with E-state index in [9.17, 15) is 4.79 Å². The van der Waals surface area contributed by atoms with E-state index < -0.39 is 0 Å². The van der Waals surface area contributed by atoms with Gasteiger partial charge in [0.05, 0.1) is 22.0 Å². The Kier molecular flexibility index (Phi) is 6.42. The second-order valence-corrected chi connectivity index (χ2v) is 7.04. The minimum absolute atomic E-state index is 0.132. The number of nitrogens with zero attached hydrogens (tertiary/aromatic N) is 2. The minimum atomic E-state index is -0.186. The lowest BCUT2D eigenvalue weighted by atomic mass is 10.1. The van der Waals surface area contributed by atoms with Crippen LogP contribution in [-0.4, -0.2) is 17.5 Å². The zero-order chi connectivity index (χ0) is 17.5. The second-order valence-electron chi connectivity index (χ2n) is 5.29. The van der Waals surface area contributed by atoms with Gasteiger partial charge in [-0.05, 0) is 36.8 Å². The van der Waals surface area contributed by atoms with Crippen molar-refractivity contribution < 1.29 is 4.79 Å². The van der Waals surface area contributed by atoms with Crippen LogP contribution in [0.2, 0.25) is 4.34 Å². The maximum atomic E-state index is 12.6. The number of hydrogen-bond donors (Lipinski definition) is 1. The van der Waals surface area contributed by atoms with Crippen LogP contribution in [0, 0.1) is 11.3 Å². The standard InChI is InChI=1S/C18H18ClN3OS/c1-3-9-22(12-15-6-4-5-14(10-15)11-20)18(23)21-13(2)16-7-8-17(19)24-16/h3-8,10,13H,1,9,12H2,2H3,(H,21,23). The minimum Gasteiger partial charge on any atom is -0.331 e. The highest BCUT2D eigenvalue weighted by Crippen LogP contribution is 2.26. The molecule has 2 amide bonds. The van der Waals surface area contributed by atoms with Crippen LogP contribution in [0.4, 0.5) is 4.79 Å². The summed E-state index contributed by atoms with van der Waals surface area (Å²) in [6, 6.07) is 12.8. The molecule has 124 valence electrons. The van der Waals surface area contributed by atoms with Crippen molar-refractivity contribution >= 4 is 29.0 Å². The average Bonchev–Trinajstić information content (AvgIpc) is 3.01. The first-order valence-electron chi connectivity index (χ1n) is 7.44. The van der Waals surface area contributed by atoms with Crippen LogP contribution < -0.4 is 5.32 Å². The Bertz CT molecular complexity index is 766. The smallest absolute Gasteiger partial charge is 0.318 e. The molecule has 1 unspecified atom stereocenters. The molecule has 24 heavy (non-hydrogen) atoms. The predicted molar refractivity (Wildman–Crippen MR) is 98.0 cm³/mol. The van der Waals surface area contributed by atoms with Crippen molar-refractivity contribution in [3.8, 4) is 6.07 Å². The fourth-order valence-corrected chi connectivity index (χ4v) is 3.31. The lowest BCUT2D eigenvalue weighted by Gasteiger charge is -2.24. The van der Waals surface area contributed by atoms with Gasteiger partial charge < -0.3 is 10.2 Å². The third kappa shape index (κ3) is 4.85.